The van der Waals surface area contributed by atoms with Crippen LogP contribution in [0.2, 0.25) is 0 Å². The zero-order valence-corrected chi connectivity index (χ0v) is 10.9. The molecule has 0 unspecified atom stereocenters. The number of halogens is 1. The number of carbonyl (C=O) groups excluding carboxylic acids is 2. The molecule has 0 heterocycles. The van der Waals surface area contributed by atoms with Crippen LogP contribution in [0.15, 0.2) is 0 Å². The lowest BCUT2D eigenvalue weighted by Gasteiger charge is -2.17. The molecule has 0 atom stereocenters. The third kappa shape index (κ3) is 6.92. The minimum Gasteiger partial charge on any atom is -0.462 e. The van der Waals surface area contributed by atoms with Crippen LogP contribution < -0.4 is 0 Å². The van der Waals surface area contributed by atoms with Gasteiger partial charge < -0.3 is 9.47 Å². The highest BCUT2D eigenvalue weighted by Gasteiger charge is 2.30. The van der Waals surface area contributed by atoms with E-state index in [0.29, 0.717) is 0 Å². The zero-order chi connectivity index (χ0) is 13.4. The van der Waals surface area contributed by atoms with Crippen LogP contribution in [0.25, 0.3) is 0 Å². The minimum atomic E-state index is -1.02. The topological polar surface area (TPSA) is 52.6 Å². The lowest BCUT2D eigenvalue weighted by atomic mass is 10.0. The van der Waals surface area contributed by atoms with Gasteiger partial charge in [-0.3, -0.25) is 14.0 Å². The van der Waals surface area contributed by atoms with E-state index in [-0.39, 0.29) is 25.0 Å². The molecule has 0 amide bonds. The molecule has 0 aliphatic carbocycles. The van der Waals surface area contributed by atoms with Crippen LogP contribution in [-0.4, -0.2) is 30.8 Å². The Bertz CT molecular complexity index is 229. The van der Waals surface area contributed by atoms with Gasteiger partial charge in [-0.05, 0) is 40.5 Å². The quantitative estimate of drug-likeness (QED) is 0.512. The summed E-state index contributed by atoms with van der Waals surface area (Å²) >= 11 is 0. The molecule has 0 aromatic rings. The molecule has 0 saturated heterocycles. The van der Waals surface area contributed by atoms with Gasteiger partial charge in [-0.1, -0.05) is 0 Å². The largest absolute Gasteiger partial charge is 0.462 e. The molecule has 0 aliphatic rings. The van der Waals surface area contributed by atoms with Crippen molar-refractivity contribution in [2.75, 3.05) is 6.67 Å². The summed E-state index contributed by atoms with van der Waals surface area (Å²) in [5, 5.41) is 0. The van der Waals surface area contributed by atoms with Crippen molar-refractivity contribution >= 4 is 11.9 Å². The molecule has 17 heavy (non-hydrogen) atoms. The van der Waals surface area contributed by atoms with E-state index >= 15 is 0 Å². The van der Waals surface area contributed by atoms with Crippen LogP contribution in [-0.2, 0) is 19.1 Å². The summed E-state index contributed by atoms with van der Waals surface area (Å²) in [6, 6.07) is 0. The van der Waals surface area contributed by atoms with Crippen molar-refractivity contribution in [3.05, 3.63) is 0 Å². The maximum Gasteiger partial charge on any atom is 0.320 e. The zero-order valence-electron chi connectivity index (χ0n) is 10.9. The molecule has 100 valence electrons. The van der Waals surface area contributed by atoms with E-state index in [1.54, 1.807) is 27.7 Å². The van der Waals surface area contributed by atoms with Gasteiger partial charge in [-0.15, -0.1) is 0 Å². The highest BCUT2D eigenvalue weighted by molar-refractivity contribution is 5.95. The fraction of sp³-hybridized carbons (Fsp3) is 0.833. The Labute approximate surface area is 101 Å². The fourth-order valence-corrected chi connectivity index (χ4v) is 1.24. The molecular formula is C12H21FO4. The third-order valence-corrected chi connectivity index (χ3v) is 1.90. The highest BCUT2D eigenvalue weighted by atomic mass is 19.1. The number of hydrogen-bond donors (Lipinski definition) is 0. The van der Waals surface area contributed by atoms with Crippen LogP contribution in [0.4, 0.5) is 4.39 Å². The van der Waals surface area contributed by atoms with E-state index in [4.69, 9.17) is 9.47 Å². The summed E-state index contributed by atoms with van der Waals surface area (Å²) < 4.78 is 22.0. The van der Waals surface area contributed by atoms with Crippen molar-refractivity contribution in [3.8, 4) is 0 Å². The van der Waals surface area contributed by atoms with Gasteiger partial charge in [0.05, 0.1) is 18.9 Å². The van der Waals surface area contributed by atoms with Gasteiger partial charge in [0.25, 0.3) is 0 Å². The van der Waals surface area contributed by atoms with Gasteiger partial charge in [0.2, 0.25) is 0 Å². The van der Waals surface area contributed by atoms with Gasteiger partial charge in [0, 0.05) is 0 Å². The van der Waals surface area contributed by atoms with Gasteiger partial charge in [-0.2, -0.15) is 0 Å². The summed E-state index contributed by atoms with van der Waals surface area (Å²) in [7, 11) is 0. The number of alkyl halides is 1. The second-order valence-electron chi connectivity index (χ2n) is 4.36. The standard InChI is InChI=1S/C12H21FO4/c1-8(2)16-11(14)10(6-5-7-13)12(15)17-9(3)4/h8-10H,5-7H2,1-4H3. The molecule has 0 rings (SSSR count). The van der Waals surface area contributed by atoms with Gasteiger partial charge >= 0.3 is 11.9 Å². The Morgan fingerprint density at radius 3 is 1.71 bits per heavy atom. The number of esters is 2. The summed E-state index contributed by atoms with van der Waals surface area (Å²) in [5.74, 6) is -2.30. The Balaban J connectivity index is 4.50. The number of ether oxygens (including phenoxy) is 2. The Hall–Kier alpha value is -1.13. The maximum atomic E-state index is 12.1. The molecule has 0 radical (unpaired) electrons. The van der Waals surface area contributed by atoms with Crippen molar-refractivity contribution in [2.24, 2.45) is 5.92 Å². The third-order valence-electron chi connectivity index (χ3n) is 1.90. The average Bonchev–Trinajstić information content (AvgIpc) is 2.15. The van der Waals surface area contributed by atoms with Crippen molar-refractivity contribution in [1.29, 1.82) is 0 Å². The molecule has 0 aromatic carbocycles. The Morgan fingerprint density at radius 2 is 1.41 bits per heavy atom. The molecule has 4 nitrogen and oxygen atoms in total. The van der Waals surface area contributed by atoms with Crippen LogP contribution >= 0.6 is 0 Å². The molecule has 0 fully saturated rings. The van der Waals surface area contributed by atoms with E-state index in [0.717, 1.165) is 0 Å². The first-order valence-corrected chi connectivity index (χ1v) is 5.85. The first kappa shape index (κ1) is 15.9. The van der Waals surface area contributed by atoms with Crippen LogP contribution in [0.1, 0.15) is 40.5 Å². The average molecular weight is 248 g/mol. The lowest BCUT2D eigenvalue weighted by molar-refractivity contribution is -0.166. The number of carbonyl (C=O) groups is 2. The maximum absolute atomic E-state index is 12.1. The minimum absolute atomic E-state index is 0.119. The fourth-order valence-electron chi connectivity index (χ4n) is 1.24. The molecule has 0 spiro atoms. The van der Waals surface area contributed by atoms with Crippen molar-refractivity contribution in [2.45, 2.75) is 52.7 Å². The molecule has 0 bridgehead atoms. The van der Waals surface area contributed by atoms with E-state index in [9.17, 15) is 14.0 Å². The molecule has 0 N–H and O–H groups in total. The number of rotatable bonds is 7. The van der Waals surface area contributed by atoms with Crippen LogP contribution in [0, 0.1) is 5.92 Å². The van der Waals surface area contributed by atoms with E-state index in [1.807, 2.05) is 0 Å². The molecule has 0 aromatic heterocycles. The Morgan fingerprint density at radius 1 is 1.00 bits per heavy atom. The predicted molar refractivity (Wildman–Crippen MR) is 61.2 cm³/mol. The van der Waals surface area contributed by atoms with E-state index < -0.39 is 24.5 Å². The monoisotopic (exact) mass is 248 g/mol. The second kappa shape index (κ2) is 8.03. The van der Waals surface area contributed by atoms with Crippen molar-refractivity contribution in [1.82, 2.24) is 0 Å². The molecule has 5 heteroatoms. The first-order valence-electron chi connectivity index (χ1n) is 5.85. The van der Waals surface area contributed by atoms with Gasteiger partial charge in [-0.25, -0.2) is 0 Å². The van der Waals surface area contributed by atoms with Gasteiger partial charge in [0.15, 0.2) is 5.92 Å². The van der Waals surface area contributed by atoms with Crippen molar-refractivity contribution in [3.63, 3.8) is 0 Å². The van der Waals surface area contributed by atoms with E-state index in [1.165, 1.54) is 0 Å². The molecular weight excluding hydrogens is 227 g/mol. The second-order valence-corrected chi connectivity index (χ2v) is 4.36. The Kier molecular flexibility index (Phi) is 7.50. The highest BCUT2D eigenvalue weighted by Crippen LogP contribution is 2.14. The first-order chi connectivity index (χ1) is 7.88. The molecule has 0 aliphatic heterocycles. The summed E-state index contributed by atoms with van der Waals surface area (Å²) in [6.07, 6.45) is -0.344. The predicted octanol–water partition coefficient (Wildman–Crippen LogP) is 2.26. The van der Waals surface area contributed by atoms with Crippen LogP contribution in [0.3, 0.4) is 0 Å². The summed E-state index contributed by atoms with van der Waals surface area (Å²) in [5.41, 5.74) is 0. The number of hydrogen-bond acceptors (Lipinski definition) is 4. The molecule has 0 saturated carbocycles. The summed E-state index contributed by atoms with van der Waals surface area (Å²) in [4.78, 5) is 23.3. The smallest absolute Gasteiger partial charge is 0.320 e. The van der Waals surface area contributed by atoms with Gasteiger partial charge in [0.1, 0.15) is 0 Å². The SMILES string of the molecule is CC(C)OC(=O)C(CCCF)C(=O)OC(C)C. The van der Waals surface area contributed by atoms with Crippen LogP contribution in [0.5, 0.6) is 0 Å². The lowest BCUT2D eigenvalue weighted by Crippen LogP contribution is -2.31. The summed E-state index contributed by atoms with van der Waals surface area (Å²) in [6.45, 7) is 6.20. The van der Waals surface area contributed by atoms with Crippen molar-refractivity contribution < 1.29 is 23.5 Å². The van der Waals surface area contributed by atoms with E-state index in [2.05, 4.69) is 0 Å². The normalized spacial score (nSPS) is 11.1.